The number of carbonyl (C=O) groups excluding carboxylic acids is 1. The Kier molecular flexibility index (Phi) is 6.61. The fourth-order valence-corrected chi connectivity index (χ4v) is 4.12. The van der Waals surface area contributed by atoms with Gasteiger partial charge in [-0.1, -0.05) is 47.2 Å². The molecule has 0 saturated carbocycles. The van der Waals surface area contributed by atoms with Crippen LogP contribution in [0.5, 0.6) is 0 Å². The second-order valence-corrected chi connectivity index (χ2v) is 8.51. The highest BCUT2D eigenvalue weighted by Crippen LogP contribution is 2.35. The van der Waals surface area contributed by atoms with Crippen molar-refractivity contribution in [3.63, 3.8) is 0 Å². The standard InChI is InChI=1S/C23H15ClFIN6O/c24-20-19(23(33)30-18-8-6-13(10-16(18)25)22(27)31-32-28)15-11-14(26)7-9-17(15)29-21(20)12-4-2-1-3-5-12/h1-11H,(H,30,33)(H3,27,28,31). The van der Waals surface area contributed by atoms with E-state index in [9.17, 15) is 9.18 Å². The molecule has 0 fully saturated rings. The lowest BCUT2D eigenvalue weighted by Gasteiger charge is -2.14. The van der Waals surface area contributed by atoms with Crippen LogP contribution in [-0.2, 0) is 0 Å². The molecule has 0 spiro atoms. The van der Waals surface area contributed by atoms with Crippen LogP contribution in [0, 0.1) is 14.8 Å². The second kappa shape index (κ2) is 9.59. The number of hydrogen-bond donors (Lipinski definition) is 3. The number of amidine groups is 1. The van der Waals surface area contributed by atoms with E-state index in [1.165, 1.54) is 12.1 Å². The predicted octanol–water partition coefficient (Wildman–Crippen LogP) is 6.20. The van der Waals surface area contributed by atoms with Gasteiger partial charge < -0.3 is 11.2 Å². The maximum absolute atomic E-state index is 14.7. The highest BCUT2D eigenvalue weighted by atomic mass is 127. The first-order valence-electron chi connectivity index (χ1n) is 9.54. The van der Waals surface area contributed by atoms with E-state index in [4.69, 9.17) is 22.9 Å². The Hall–Kier alpha value is -3.44. The van der Waals surface area contributed by atoms with Gasteiger partial charge in [0.05, 0.1) is 27.5 Å². The maximum atomic E-state index is 14.7. The molecule has 164 valence electrons. The SMILES string of the molecule is N=C(N=NN)c1ccc(NC(=O)c2c(Cl)c(-c3ccccc3)nc3ccc(I)cc23)c(F)c1. The Balaban J connectivity index is 1.80. The molecule has 3 aromatic carbocycles. The van der Waals surface area contributed by atoms with E-state index < -0.39 is 11.7 Å². The molecule has 1 aromatic heterocycles. The number of pyridine rings is 1. The molecule has 0 radical (unpaired) electrons. The largest absolute Gasteiger partial charge is 0.319 e. The maximum Gasteiger partial charge on any atom is 0.258 e. The number of amides is 1. The van der Waals surface area contributed by atoms with Gasteiger partial charge >= 0.3 is 0 Å². The molecule has 33 heavy (non-hydrogen) atoms. The van der Waals surface area contributed by atoms with Crippen LogP contribution in [-0.4, -0.2) is 16.7 Å². The number of fused-ring (bicyclic) bond motifs is 1. The Bertz CT molecular complexity index is 1430. The zero-order valence-corrected chi connectivity index (χ0v) is 19.7. The van der Waals surface area contributed by atoms with E-state index in [0.29, 0.717) is 16.6 Å². The number of nitrogens with zero attached hydrogens (tertiary/aromatic N) is 3. The van der Waals surface area contributed by atoms with Gasteiger partial charge in [0, 0.05) is 20.1 Å². The van der Waals surface area contributed by atoms with E-state index in [1.807, 2.05) is 42.5 Å². The van der Waals surface area contributed by atoms with E-state index >= 15 is 0 Å². The van der Waals surface area contributed by atoms with Crippen molar-refractivity contribution in [1.82, 2.24) is 4.98 Å². The minimum absolute atomic E-state index is 0.0749. The summed E-state index contributed by atoms with van der Waals surface area (Å²) in [6, 6.07) is 18.6. The van der Waals surface area contributed by atoms with Crippen LogP contribution in [0.2, 0.25) is 5.02 Å². The third-order valence-electron chi connectivity index (χ3n) is 4.81. The fourth-order valence-electron chi connectivity index (χ4n) is 3.29. The number of nitrogens with one attached hydrogen (secondary N) is 2. The fraction of sp³-hybridized carbons (Fsp3) is 0. The summed E-state index contributed by atoms with van der Waals surface area (Å²) in [4.78, 5) is 18.0. The number of anilines is 1. The quantitative estimate of drug-likeness (QED) is 0.0675. The molecule has 4 N–H and O–H groups in total. The van der Waals surface area contributed by atoms with Crippen molar-refractivity contribution < 1.29 is 9.18 Å². The van der Waals surface area contributed by atoms with Crippen LogP contribution >= 0.6 is 34.2 Å². The lowest BCUT2D eigenvalue weighted by molar-refractivity contribution is 0.102. The average molecular weight is 573 g/mol. The first-order chi connectivity index (χ1) is 15.9. The lowest BCUT2D eigenvalue weighted by Crippen LogP contribution is -2.15. The monoisotopic (exact) mass is 572 g/mol. The third-order valence-corrected chi connectivity index (χ3v) is 5.85. The molecule has 0 aliphatic rings. The van der Waals surface area contributed by atoms with E-state index in [-0.39, 0.29) is 27.7 Å². The Labute approximate surface area is 206 Å². The summed E-state index contributed by atoms with van der Waals surface area (Å²) in [6.07, 6.45) is 0. The molecule has 0 unspecified atom stereocenters. The molecular formula is C23H15ClFIN6O. The van der Waals surface area contributed by atoms with Crippen molar-refractivity contribution in [2.24, 2.45) is 16.2 Å². The molecule has 4 rings (SSSR count). The molecule has 0 saturated heterocycles. The molecule has 4 aromatic rings. The van der Waals surface area contributed by atoms with Crippen LogP contribution in [0.4, 0.5) is 10.1 Å². The molecule has 0 aliphatic carbocycles. The van der Waals surface area contributed by atoms with Crippen molar-refractivity contribution >= 4 is 62.5 Å². The summed E-state index contributed by atoms with van der Waals surface area (Å²) in [5.74, 6) is 3.30. The number of aromatic nitrogens is 1. The van der Waals surface area contributed by atoms with Gasteiger partial charge in [-0.2, -0.15) is 0 Å². The van der Waals surface area contributed by atoms with Gasteiger partial charge in [0.2, 0.25) is 0 Å². The Morgan fingerprint density at radius 1 is 1.12 bits per heavy atom. The summed E-state index contributed by atoms with van der Waals surface area (Å²) in [6.45, 7) is 0. The van der Waals surface area contributed by atoms with Crippen LogP contribution in [0.25, 0.3) is 22.2 Å². The number of benzene rings is 3. The second-order valence-electron chi connectivity index (χ2n) is 6.89. The smallest absolute Gasteiger partial charge is 0.258 e. The highest BCUT2D eigenvalue weighted by molar-refractivity contribution is 14.1. The van der Waals surface area contributed by atoms with Gasteiger partial charge in [-0.05, 0) is 59.0 Å². The summed E-state index contributed by atoms with van der Waals surface area (Å²) in [7, 11) is 0. The van der Waals surface area contributed by atoms with Crippen LogP contribution in [0.15, 0.2) is 77.1 Å². The summed E-state index contributed by atoms with van der Waals surface area (Å²) < 4.78 is 15.6. The average Bonchev–Trinajstić information content (AvgIpc) is 2.80. The topological polar surface area (TPSA) is 117 Å². The normalized spacial score (nSPS) is 11.1. The zero-order valence-electron chi connectivity index (χ0n) is 16.8. The first-order valence-corrected chi connectivity index (χ1v) is 11.0. The third kappa shape index (κ3) is 4.69. The molecule has 0 bridgehead atoms. The van der Waals surface area contributed by atoms with Crippen molar-refractivity contribution in [3.05, 3.63) is 92.3 Å². The number of rotatable bonds is 4. The Morgan fingerprint density at radius 2 is 1.88 bits per heavy atom. The number of nitrogens with two attached hydrogens (primary N) is 1. The molecule has 1 amide bonds. The molecule has 7 nitrogen and oxygen atoms in total. The predicted molar refractivity (Wildman–Crippen MR) is 135 cm³/mol. The molecular weight excluding hydrogens is 558 g/mol. The molecule has 0 aliphatic heterocycles. The van der Waals surface area contributed by atoms with Crippen LogP contribution in [0.1, 0.15) is 15.9 Å². The highest BCUT2D eigenvalue weighted by Gasteiger charge is 2.22. The van der Waals surface area contributed by atoms with Crippen molar-refractivity contribution in [1.29, 1.82) is 5.41 Å². The van der Waals surface area contributed by atoms with Gasteiger partial charge in [-0.15, -0.1) is 5.11 Å². The summed E-state index contributed by atoms with van der Waals surface area (Å²) >= 11 is 8.83. The van der Waals surface area contributed by atoms with Crippen molar-refractivity contribution in [2.75, 3.05) is 5.32 Å². The molecule has 10 heteroatoms. The number of hydrogen-bond acceptors (Lipinski definition) is 4. The van der Waals surface area contributed by atoms with E-state index in [1.54, 1.807) is 6.07 Å². The molecule has 1 heterocycles. The summed E-state index contributed by atoms with van der Waals surface area (Å²) in [5.41, 5.74) is 2.06. The minimum atomic E-state index is -0.745. The van der Waals surface area contributed by atoms with Crippen LogP contribution < -0.4 is 11.2 Å². The first kappa shape index (κ1) is 22.7. The number of halogens is 3. The van der Waals surface area contributed by atoms with Gasteiger partial charge in [0.1, 0.15) is 5.82 Å². The van der Waals surface area contributed by atoms with E-state index in [2.05, 4.69) is 43.2 Å². The Morgan fingerprint density at radius 3 is 2.58 bits per heavy atom. The van der Waals surface area contributed by atoms with Gasteiger partial charge in [-0.25, -0.2) is 9.37 Å². The van der Waals surface area contributed by atoms with Gasteiger partial charge in [0.15, 0.2) is 5.84 Å². The molecule has 0 atom stereocenters. The van der Waals surface area contributed by atoms with Crippen LogP contribution in [0.3, 0.4) is 0 Å². The van der Waals surface area contributed by atoms with Gasteiger partial charge in [0.25, 0.3) is 5.91 Å². The minimum Gasteiger partial charge on any atom is -0.319 e. The van der Waals surface area contributed by atoms with Crippen molar-refractivity contribution in [3.8, 4) is 11.3 Å². The van der Waals surface area contributed by atoms with Gasteiger partial charge in [-0.3, -0.25) is 10.2 Å². The summed E-state index contributed by atoms with van der Waals surface area (Å²) in [5, 5.41) is 17.4. The van der Waals surface area contributed by atoms with Crippen molar-refractivity contribution in [2.45, 2.75) is 0 Å². The van der Waals surface area contributed by atoms with E-state index in [0.717, 1.165) is 15.2 Å². The lowest BCUT2D eigenvalue weighted by atomic mass is 10.0. The number of carbonyl (C=O) groups is 1. The zero-order chi connectivity index (χ0) is 23.5.